The Balaban J connectivity index is 1.08. The molecule has 9 aromatic rings. The molecule has 0 aliphatic heterocycles. The highest BCUT2D eigenvalue weighted by Gasteiger charge is 2.14. The van der Waals surface area contributed by atoms with Crippen molar-refractivity contribution >= 4 is 43.4 Å². The number of pyridine rings is 1. The Morgan fingerprint density at radius 2 is 0.956 bits per heavy atom. The van der Waals surface area contributed by atoms with Gasteiger partial charge in [-0.3, -0.25) is 4.98 Å². The van der Waals surface area contributed by atoms with Crippen LogP contribution in [0, 0.1) is 0 Å². The fourth-order valence-corrected chi connectivity index (χ4v) is 6.81. The van der Waals surface area contributed by atoms with Crippen molar-refractivity contribution in [3.05, 3.63) is 170 Å². The van der Waals surface area contributed by atoms with E-state index >= 15 is 0 Å². The van der Waals surface area contributed by atoms with E-state index in [1.54, 1.807) is 0 Å². The first kappa shape index (κ1) is 25.5. The molecule has 2 aromatic heterocycles. The minimum Gasteiger partial charge on any atom is -0.309 e. The first-order valence-corrected chi connectivity index (χ1v) is 15.4. The second-order valence-electron chi connectivity index (χ2n) is 11.7. The summed E-state index contributed by atoms with van der Waals surface area (Å²) in [5.41, 5.74) is 10.7. The van der Waals surface area contributed by atoms with Crippen molar-refractivity contribution in [2.75, 3.05) is 0 Å². The van der Waals surface area contributed by atoms with Crippen LogP contribution in [-0.2, 0) is 0 Å². The summed E-state index contributed by atoms with van der Waals surface area (Å²) in [5, 5.41) is 7.65. The molecule has 0 fully saturated rings. The summed E-state index contributed by atoms with van der Waals surface area (Å²) in [7, 11) is 0. The Labute approximate surface area is 261 Å². The molecule has 0 atom stereocenters. The Morgan fingerprint density at radius 1 is 0.356 bits per heavy atom. The van der Waals surface area contributed by atoms with E-state index in [-0.39, 0.29) is 0 Å². The van der Waals surface area contributed by atoms with Gasteiger partial charge in [-0.1, -0.05) is 115 Å². The molecule has 0 aliphatic rings. The van der Waals surface area contributed by atoms with Crippen molar-refractivity contribution in [2.24, 2.45) is 0 Å². The van der Waals surface area contributed by atoms with Crippen molar-refractivity contribution in [1.82, 2.24) is 9.55 Å². The lowest BCUT2D eigenvalue weighted by Gasteiger charge is -2.10. The van der Waals surface area contributed by atoms with E-state index in [9.17, 15) is 0 Å². The van der Waals surface area contributed by atoms with Crippen LogP contribution in [0.1, 0.15) is 0 Å². The normalized spacial score (nSPS) is 11.6. The number of aromatic nitrogens is 2. The molecule has 45 heavy (non-hydrogen) atoms. The standard InChI is InChI=1S/C43H28N2/c1-2-8-38-32(6-1)15-16-35-26-33(19-23-39(35)38)29-11-13-30(14-12-29)34-20-24-43-41(27-34)40-9-3-4-10-42(40)45(43)37-21-17-31(18-22-37)36-7-5-25-44-28-36/h1-28H. The van der Waals surface area contributed by atoms with Crippen LogP contribution in [0.3, 0.4) is 0 Å². The molecule has 0 spiro atoms. The van der Waals surface area contributed by atoms with Gasteiger partial charge < -0.3 is 4.57 Å². The summed E-state index contributed by atoms with van der Waals surface area (Å²) in [6, 6.07) is 57.2. The van der Waals surface area contributed by atoms with Crippen molar-refractivity contribution < 1.29 is 0 Å². The smallest absolute Gasteiger partial charge is 0.0541 e. The molecule has 210 valence electrons. The average molecular weight is 573 g/mol. The minimum atomic E-state index is 1.12. The van der Waals surface area contributed by atoms with Gasteiger partial charge in [0.15, 0.2) is 0 Å². The highest BCUT2D eigenvalue weighted by molar-refractivity contribution is 6.11. The Bertz CT molecular complexity index is 2500. The second kappa shape index (κ2) is 10.3. The van der Waals surface area contributed by atoms with Crippen LogP contribution in [0.15, 0.2) is 170 Å². The molecule has 0 radical (unpaired) electrons. The van der Waals surface area contributed by atoms with E-state index in [1.165, 1.54) is 65.6 Å². The molecular formula is C43H28N2. The highest BCUT2D eigenvalue weighted by Crippen LogP contribution is 2.36. The van der Waals surface area contributed by atoms with E-state index in [2.05, 4.69) is 161 Å². The number of benzene rings is 7. The van der Waals surface area contributed by atoms with Gasteiger partial charge in [0.05, 0.1) is 11.0 Å². The SMILES string of the molecule is c1cncc(-c2ccc(-n3c4ccccc4c4cc(-c5ccc(-c6ccc7c(ccc8ccccc87)c6)cc5)ccc43)cc2)c1. The van der Waals surface area contributed by atoms with Gasteiger partial charge in [-0.25, -0.2) is 0 Å². The third kappa shape index (κ3) is 4.30. The molecule has 0 aliphatic carbocycles. The summed E-state index contributed by atoms with van der Waals surface area (Å²) in [4.78, 5) is 4.28. The van der Waals surface area contributed by atoms with Crippen LogP contribution < -0.4 is 0 Å². The second-order valence-corrected chi connectivity index (χ2v) is 11.7. The number of rotatable bonds is 4. The lowest BCUT2D eigenvalue weighted by molar-refractivity contribution is 1.18. The number of nitrogens with zero attached hydrogens (tertiary/aromatic N) is 2. The molecule has 0 unspecified atom stereocenters. The number of hydrogen-bond acceptors (Lipinski definition) is 1. The Hall–Kier alpha value is -5.99. The van der Waals surface area contributed by atoms with Crippen molar-refractivity contribution in [3.8, 4) is 39.1 Å². The zero-order chi connectivity index (χ0) is 29.7. The van der Waals surface area contributed by atoms with Crippen LogP contribution in [0.25, 0.3) is 82.4 Å². The summed E-state index contributed by atoms with van der Waals surface area (Å²) in [5.74, 6) is 0. The van der Waals surface area contributed by atoms with E-state index in [0.29, 0.717) is 0 Å². The molecule has 2 nitrogen and oxygen atoms in total. The highest BCUT2D eigenvalue weighted by atomic mass is 15.0. The van der Waals surface area contributed by atoms with Crippen molar-refractivity contribution in [3.63, 3.8) is 0 Å². The zero-order valence-electron chi connectivity index (χ0n) is 24.6. The molecule has 9 rings (SSSR count). The topological polar surface area (TPSA) is 17.8 Å². The lowest BCUT2D eigenvalue weighted by atomic mass is 9.96. The maximum Gasteiger partial charge on any atom is 0.0541 e. The van der Waals surface area contributed by atoms with Gasteiger partial charge in [-0.05, 0) is 97.4 Å². The number of hydrogen-bond donors (Lipinski definition) is 0. The van der Waals surface area contributed by atoms with E-state index in [0.717, 1.165) is 16.8 Å². The molecule has 7 aromatic carbocycles. The molecule has 2 heteroatoms. The largest absolute Gasteiger partial charge is 0.309 e. The molecular weight excluding hydrogens is 544 g/mol. The van der Waals surface area contributed by atoms with E-state index in [1.807, 2.05) is 18.5 Å². The fraction of sp³-hybridized carbons (Fsp3) is 0. The van der Waals surface area contributed by atoms with Gasteiger partial charge >= 0.3 is 0 Å². The van der Waals surface area contributed by atoms with Gasteiger partial charge in [-0.2, -0.15) is 0 Å². The summed E-state index contributed by atoms with van der Waals surface area (Å²) >= 11 is 0. The predicted octanol–water partition coefficient (Wildman–Crippen LogP) is 11.5. The first-order chi connectivity index (χ1) is 22.3. The molecule has 0 bridgehead atoms. The maximum atomic E-state index is 4.28. The van der Waals surface area contributed by atoms with Gasteiger partial charge in [0.2, 0.25) is 0 Å². The molecule has 0 saturated heterocycles. The first-order valence-electron chi connectivity index (χ1n) is 15.4. The zero-order valence-corrected chi connectivity index (χ0v) is 24.6. The van der Waals surface area contributed by atoms with Gasteiger partial charge in [-0.15, -0.1) is 0 Å². The third-order valence-electron chi connectivity index (χ3n) is 9.09. The van der Waals surface area contributed by atoms with Crippen LogP contribution in [0.2, 0.25) is 0 Å². The van der Waals surface area contributed by atoms with E-state index < -0.39 is 0 Å². The average Bonchev–Trinajstić information content (AvgIpc) is 3.45. The van der Waals surface area contributed by atoms with Crippen LogP contribution in [0.4, 0.5) is 0 Å². The number of fused-ring (bicyclic) bond motifs is 6. The van der Waals surface area contributed by atoms with Crippen LogP contribution in [0.5, 0.6) is 0 Å². The van der Waals surface area contributed by atoms with Crippen molar-refractivity contribution in [2.45, 2.75) is 0 Å². The predicted molar refractivity (Wildman–Crippen MR) is 190 cm³/mol. The van der Waals surface area contributed by atoms with Crippen molar-refractivity contribution in [1.29, 1.82) is 0 Å². The Morgan fingerprint density at radius 3 is 1.76 bits per heavy atom. The van der Waals surface area contributed by atoms with E-state index in [4.69, 9.17) is 0 Å². The maximum absolute atomic E-state index is 4.28. The van der Waals surface area contributed by atoms with Crippen LogP contribution in [-0.4, -0.2) is 9.55 Å². The summed E-state index contributed by atoms with van der Waals surface area (Å²) in [6.45, 7) is 0. The molecule has 0 saturated carbocycles. The molecule has 2 heterocycles. The molecule has 0 N–H and O–H groups in total. The van der Waals surface area contributed by atoms with Crippen LogP contribution >= 0.6 is 0 Å². The van der Waals surface area contributed by atoms with Gasteiger partial charge in [0, 0.05) is 28.9 Å². The Kier molecular flexibility index (Phi) is 5.85. The summed E-state index contributed by atoms with van der Waals surface area (Å²) < 4.78 is 2.37. The quantitative estimate of drug-likeness (QED) is 0.192. The van der Waals surface area contributed by atoms with Gasteiger partial charge in [0.1, 0.15) is 0 Å². The monoisotopic (exact) mass is 572 g/mol. The molecule has 0 amide bonds. The number of para-hydroxylation sites is 1. The third-order valence-corrected chi connectivity index (χ3v) is 9.09. The summed E-state index contributed by atoms with van der Waals surface area (Å²) in [6.07, 6.45) is 3.72. The fourth-order valence-electron chi connectivity index (χ4n) is 6.81. The van der Waals surface area contributed by atoms with Gasteiger partial charge in [0.25, 0.3) is 0 Å². The minimum absolute atomic E-state index is 1.12. The lowest BCUT2D eigenvalue weighted by Crippen LogP contribution is -1.93.